The molecular formula is C7H6O5. The summed E-state index contributed by atoms with van der Waals surface area (Å²) in [5.74, 6) is -3.14. The van der Waals surface area contributed by atoms with E-state index >= 15 is 0 Å². The van der Waals surface area contributed by atoms with Crippen molar-refractivity contribution in [3.05, 3.63) is 11.1 Å². The maximum absolute atomic E-state index is 10.8. The molecule has 0 fully saturated rings. The Morgan fingerprint density at radius 1 is 1.50 bits per heavy atom. The molecule has 64 valence electrons. The quantitative estimate of drug-likeness (QED) is 0.336. The summed E-state index contributed by atoms with van der Waals surface area (Å²) in [6.07, 6.45) is -0.132. The second-order valence-electron chi connectivity index (χ2n) is 2.40. The third kappa shape index (κ3) is 1.34. The number of carbonyl (C=O) groups is 3. The molecule has 0 amide bonds. The van der Waals surface area contributed by atoms with Crippen LogP contribution >= 0.6 is 0 Å². The molecule has 0 bridgehead atoms. The topological polar surface area (TPSA) is 80.7 Å². The van der Waals surface area contributed by atoms with Gasteiger partial charge in [0.1, 0.15) is 5.57 Å². The number of esters is 2. The van der Waals surface area contributed by atoms with Crippen LogP contribution in [0.15, 0.2) is 11.1 Å². The third-order valence-electron chi connectivity index (χ3n) is 1.46. The smallest absolute Gasteiger partial charge is 0.353 e. The van der Waals surface area contributed by atoms with Gasteiger partial charge in [-0.1, -0.05) is 0 Å². The first-order valence-electron chi connectivity index (χ1n) is 3.20. The van der Waals surface area contributed by atoms with E-state index in [0.717, 1.165) is 0 Å². The average Bonchev–Trinajstić information content (AvgIpc) is 1.82. The molecule has 0 saturated heterocycles. The van der Waals surface area contributed by atoms with E-state index in [1.807, 2.05) is 0 Å². The molecule has 0 spiro atoms. The summed E-state index contributed by atoms with van der Waals surface area (Å²) in [6.45, 7) is 1.42. The van der Waals surface area contributed by atoms with E-state index in [1.165, 1.54) is 6.92 Å². The van der Waals surface area contributed by atoms with Crippen molar-refractivity contribution in [3.8, 4) is 0 Å². The Hall–Kier alpha value is -1.65. The van der Waals surface area contributed by atoms with Gasteiger partial charge >= 0.3 is 17.9 Å². The lowest BCUT2D eigenvalue weighted by Crippen LogP contribution is -2.25. The molecule has 5 nitrogen and oxygen atoms in total. The molecule has 1 aliphatic rings. The first-order chi connectivity index (χ1) is 5.52. The molecule has 0 aromatic carbocycles. The van der Waals surface area contributed by atoms with E-state index in [1.54, 1.807) is 0 Å². The predicted molar refractivity (Wildman–Crippen MR) is 36.1 cm³/mol. The standard InChI is InChI=1S/C7H6O5/c1-3-2-4(8)12-7(11)5(3)6(9)10/h2H2,1H3,(H,9,10). The van der Waals surface area contributed by atoms with Gasteiger partial charge in [-0.25, -0.2) is 9.59 Å². The summed E-state index contributed by atoms with van der Waals surface area (Å²) < 4.78 is 4.11. The first kappa shape index (κ1) is 8.45. The lowest BCUT2D eigenvalue weighted by molar-refractivity contribution is -0.158. The van der Waals surface area contributed by atoms with Crippen molar-refractivity contribution in [1.29, 1.82) is 0 Å². The maximum Gasteiger partial charge on any atom is 0.353 e. The number of carboxylic acids is 1. The van der Waals surface area contributed by atoms with Crippen LogP contribution in [-0.2, 0) is 19.1 Å². The Morgan fingerprint density at radius 3 is 2.50 bits per heavy atom. The summed E-state index contributed by atoms with van der Waals surface area (Å²) in [5.41, 5.74) is -0.196. The Morgan fingerprint density at radius 2 is 2.08 bits per heavy atom. The van der Waals surface area contributed by atoms with E-state index in [4.69, 9.17) is 5.11 Å². The molecule has 0 atom stereocenters. The number of hydrogen-bond donors (Lipinski definition) is 1. The van der Waals surface area contributed by atoms with Gasteiger partial charge in [0.25, 0.3) is 0 Å². The summed E-state index contributed by atoms with van der Waals surface area (Å²) >= 11 is 0. The molecule has 0 radical (unpaired) electrons. The van der Waals surface area contributed by atoms with Gasteiger partial charge < -0.3 is 9.84 Å². The maximum atomic E-state index is 10.8. The SMILES string of the molecule is CC1=C(C(=O)O)C(=O)OC(=O)C1. The molecule has 0 aromatic rings. The fraction of sp³-hybridized carbons (Fsp3) is 0.286. The van der Waals surface area contributed by atoms with E-state index in [9.17, 15) is 14.4 Å². The predicted octanol–water partition coefficient (Wildman–Crippen LogP) is -0.139. The van der Waals surface area contributed by atoms with Crippen molar-refractivity contribution in [3.63, 3.8) is 0 Å². The van der Waals surface area contributed by atoms with Crippen molar-refractivity contribution in [1.82, 2.24) is 0 Å². The largest absolute Gasteiger partial charge is 0.477 e. The van der Waals surface area contributed by atoms with Gasteiger partial charge in [0.05, 0.1) is 6.42 Å². The first-order valence-corrected chi connectivity index (χ1v) is 3.20. The number of rotatable bonds is 1. The summed E-state index contributed by atoms with van der Waals surface area (Å²) in [5, 5.41) is 8.50. The van der Waals surface area contributed by atoms with E-state index in [0.29, 0.717) is 0 Å². The van der Waals surface area contributed by atoms with Crippen LogP contribution in [0, 0.1) is 0 Å². The number of carboxylic acid groups (broad SMARTS) is 1. The Labute approximate surface area is 67.6 Å². The molecule has 1 rings (SSSR count). The van der Waals surface area contributed by atoms with Crippen LogP contribution in [0.2, 0.25) is 0 Å². The van der Waals surface area contributed by atoms with Gasteiger partial charge in [-0.2, -0.15) is 0 Å². The molecule has 5 heteroatoms. The van der Waals surface area contributed by atoms with E-state index in [-0.39, 0.29) is 12.0 Å². The lowest BCUT2D eigenvalue weighted by Gasteiger charge is -2.11. The zero-order valence-electron chi connectivity index (χ0n) is 6.29. The Balaban J connectivity index is 3.09. The molecule has 1 aliphatic heterocycles. The molecule has 0 saturated carbocycles. The van der Waals surface area contributed by atoms with Crippen LogP contribution in [-0.4, -0.2) is 23.0 Å². The molecule has 0 aromatic heterocycles. The monoisotopic (exact) mass is 170 g/mol. The number of hydrogen-bond acceptors (Lipinski definition) is 4. The van der Waals surface area contributed by atoms with Crippen LogP contribution in [0.5, 0.6) is 0 Å². The zero-order valence-corrected chi connectivity index (χ0v) is 6.29. The fourth-order valence-corrected chi connectivity index (χ4v) is 0.939. The number of aliphatic carboxylic acids is 1. The molecule has 0 unspecified atom stereocenters. The minimum absolute atomic E-state index is 0.132. The minimum Gasteiger partial charge on any atom is -0.477 e. The molecule has 12 heavy (non-hydrogen) atoms. The molecule has 0 aliphatic carbocycles. The van der Waals surface area contributed by atoms with Crippen LogP contribution < -0.4 is 0 Å². The van der Waals surface area contributed by atoms with Crippen LogP contribution in [0.4, 0.5) is 0 Å². The van der Waals surface area contributed by atoms with Gasteiger partial charge in [0.15, 0.2) is 0 Å². The second kappa shape index (κ2) is 2.77. The Kier molecular flexibility index (Phi) is 1.95. The molecule has 1 N–H and O–H groups in total. The normalized spacial score (nSPS) is 17.8. The van der Waals surface area contributed by atoms with Gasteiger partial charge in [0, 0.05) is 0 Å². The molecule has 1 heterocycles. The summed E-state index contributed by atoms with van der Waals surface area (Å²) in [4.78, 5) is 31.8. The number of cyclic esters (lactones) is 2. The van der Waals surface area contributed by atoms with E-state index < -0.39 is 23.5 Å². The highest BCUT2D eigenvalue weighted by atomic mass is 16.6. The zero-order chi connectivity index (χ0) is 9.30. The lowest BCUT2D eigenvalue weighted by atomic mass is 10.1. The van der Waals surface area contributed by atoms with Gasteiger partial charge in [-0.05, 0) is 12.5 Å². The van der Waals surface area contributed by atoms with Crippen molar-refractivity contribution < 1.29 is 24.2 Å². The van der Waals surface area contributed by atoms with Gasteiger partial charge in [-0.15, -0.1) is 0 Å². The highest BCUT2D eigenvalue weighted by Crippen LogP contribution is 2.16. The number of ether oxygens (including phenoxy) is 1. The van der Waals surface area contributed by atoms with E-state index in [2.05, 4.69) is 4.74 Å². The van der Waals surface area contributed by atoms with Crippen molar-refractivity contribution in [2.24, 2.45) is 0 Å². The average molecular weight is 170 g/mol. The van der Waals surface area contributed by atoms with Crippen LogP contribution in [0.25, 0.3) is 0 Å². The van der Waals surface area contributed by atoms with Gasteiger partial charge in [0.2, 0.25) is 0 Å². The summed E-state index contributed by atoms with van der Waals surface area (Å²) in [6, 6.07) is 0. The highest BCUT2D eigenvalue weighted by Gasteiger charge is 2.29. The molecular weight excluding hydrogens is 164 g/mol. The summed E-state index contributed by atoms with van der Waals surface area (Å²) in [7, 11) is 0. The van der Waals surface area contributed by atoms with Crippen molar-refractivity contribution in [2.45, 2.75) is 13.3 Å². The van der Waals surface area contributed by atoms with Crippen molar-refractivity contribution >= 4 is 17.9 Å². The second-order valence-corrected chi connectivity index (χ2v) is 2.40. The highest BCUT2D eigenvalue weighted by molar-refractivity contribution is 6.18. The van der Waals surface area contributed by atoms with Crippen LogP contribution in [0.3, 0.4) is 0 Å². The van der Waals surface area contributed by atoms with Crippen LogP contribution in [0.1, 0.15) is 13.3 Å². The fourth-order valence-electron chi connectivity index (χ4n) is 0.939. The minimum atomic E-state index is -1.36. The number of carbonyl (C=O) groups excluding carboxylic acids is 2. The van der Waals surface area contributed by atoms with Crippen molar-refractivity contribution in [2.75, 3.05) is 0 Å². The van der Waals surface area contributed by atoms with Gasteiger partial charge in [-0.3, -0.25) is 4.79 Å². The Bertz CT molecular complexity index is 299. The third-order valence-corrected chi connectivity index (χ3v) is 1.46.